The van der Waals surface area contributed by atoms with Crippen LogP contribution < -0.4 is 0 Å². The van der Waals surface area contributed by atoms with Gasteiger partial charge in [0.1, 0.15) is 0 Å². The minimum atomic E-state index is 0. The van der Waals surface area contributed by atoms with Crippen molar-refractivity contribution in [2.75, 3.05) is 5.75 Å². The van der Waals surface area contributed by atoms with Crippen molar-refractivity contribution in [1.82, 2.24) is 0 Å². The smallest absolute Gasteiger partial charge is 0 e. The van der Waals surface area contributed by atoms with E-state index in [4.69, 9.17) is 0 Å². The molecule has 5 heavy (non-hydrogen) atoms. The maximum absolute atomic E-state index is 3.92. The normalized spacial score (nSPS) is 6.00. The molecule has 0 bridgehead atoms. The first-order valence-electron chi connectivity index (χ1n) is 1.52. The molecule has 0 aliphatic rings. The van der Waals surface area contributed by atoms with Crippen molar-refractivity contribution in [2.24, 2.45) is 0 Å². The van der Waals surface area contributed by atoms with Crippen LogP contribution in [-0.4, -0.2) is 5.75 Å². The van der Waals surface area contributed by atoms with Gasteiger partial charge in [-0.2, -0.15) is 12.6 Å². The second-order valence-electron chi connectivity index (χ2n) is 0.724. The van der Waals surface area contributed by atoms with Crippen LogP contribution in [0.3, 0.4) is 0 Å². The quantitative estimate of drug-likeness (QED) is 0.413. The van der Waals surface area contributed by atoms with Gasteiger partial charge in [-0.05, 0) is 12.2 Å². The van der Waals surface area contributed by atoms with E-state index in [1.54, 1.807) is 0 Å². The maximum atomic E-state index is 3.92. The Bertz CT molecular complexity index is 8.85. The van der Waals surface area contributed by atoms with E-state index < -0.39 is 0 Å². The zero-order valence-corrected chi connectivity index (χ0v) is 7.43. The third-order valence-corrected chi connectivity index (χ3v) is 0.671. The van der Waals surface area contributed by atoms with Gasteiger partial charge in [-0.15, -0.1) is 0 Å². The molecule has 0 nitrogen and oxygen atoms in total. The van der Waals surface area contributed by atoms with Crippen LogP contribution in [0.4, 0.5) is 0 Å². The Balaban J connectivity index is 0. The molecule has 0 saturated heterocycles. The monoisotopic (exact) mass is 140 g/mol. The minimum Gasteiger partial charge on any atom is -0.179 e. The predicted octanol–water partition coefficient (Wildman–Crippen LogP) is 1.32. The van der Waals surface area contributed by atoms with Gasteiger partial charge < -0.3 is 0 Å². The maximum Gasteiger partial charge on any atom is 0 e. The van der Waals surface area contributed by atoms with Crippen molar-refractivity contribution in [3.63, 3.8) is 0 Å². The molecule has 28 valence electrons. The molecule has 2 heteroatoms. The minimum absolute atomic E-state index is 0. The Hall–Kier alpha value is 0.973. The molecule has 0 aromatic heterocycles. The Morgan fingerprint density at radius 3 is 1.80 bits per heavy atom. The summed E-state index contributed by atoms with van der Waals surface area (Å²) in [7, 11) is 0. The number of thiol groups is 1. The number of hydrogen-bond acceptors (Lipinski definition) is 1. The van der Waals surface area contributed by atoms with E-state index in [2.05, 4.69) is 19.6 Å². The van der Waals surface area contributed by atoms with Gasteiger partial charge in [0.15, 0.2) is 0 Å². The molecule has 0 aromatic rings. The van der Waals surface area contributed by atoms with Crippen LogP contribution in [0, 0.1) is 0 Å². The molecule has 0 aromatic carbocycles. The van der Waals surface area contributed by atoms with Gasteiger partial charge in [-0.3, -0.25) is 0 Å². The fraction of sp³-hybridized carbons (Fsp3) is 1.00. The van der Waals surface area contributed by atoms with Crippen LogP contribution in [0.5, 0.6) is 0 Å². The summed E-state index contributed by atoms with van der Waals surface area (Å²) >= 11 is 3.92. The summed E-state index contributed by atoms with van der Waals surface area (Å²) in [5.41, 5.74) is 0. The van der Waals surface area contributed by atoms with Crippen molar-refractivity contribution >= 4 is 12.6 Å². The Labute approximate surface area is 51.5 Å². The molecular formula is C3H8SZn. The summed E-state index contributed by atoms with van der Waals surface area (Å²) in [4.78, 5) is 0. The predicted molar refractivity (Wildman–Crippen MR) is 24.1 cm³/mol. The average Bonchev–Trinajstić information content (AvgIpc) is 1.37. The molecule has 0 atom stereocenters. The fourth-order valence-corrected chi connectivity index (χ4v) is 0. The summed E-state index contributed by atoms with van der Waals surface area (Å²) in [5, 5.41) is 0. The Morgan fingerprint density at radius 2 is 1.80 bits per heavy atom. The summed E-state index contributed by atoms with van der Waals surface area (Å²) in [6, 6.07) is 0. The topological polar surface area (TPSA) is 0 Å². The van der Waals surface area contributed by atoms with Gasteiger partial charge >= 0.3 is 0 Å². The SMILES string of the molecule is CCCS.[Zn]. The first-order valence-corrected chi connectivity index (χ1v) is 2.16. The van der Waals surface area contributed by atoms with Crippen LogP contribution in [0.1, 0.15) is 13.3 Å². The fourth-order valence-electron chi connectivity index (χ4n) is 0. The van der Waals surface area contributed by atoms with E-state index in [1.165, 1.54) is 6.42 Å². The second kappa shape index (κ2) is 8.88. The molecule has 0 amide bonds. The van der Waals surface area contributed by atoms with Crippen LogP contribution >= 0.6 is 12.6 Å². The Kier molecular flexibility index (Phi) is 16.6. The van der Waals surface area contributed by atoms with Gasteiger partial charge in [0.2, 0.25) is 0 Å². The molecule has 0 saturated carbocycles. The molecule has 0 spiro atoms. The van der Waals surface area contributed by atoms with Crippen LogP contribution in [0.25, 0.3) is 0 Å². The third-order valence-electron chi connectivity index (χ3n) is 0.224. The third kappa shape index (κ3) is 11.3. The van der Waals surface area contributed by atoms with Crippen LogP contribution in [0.2, 0.25) is 0 Å². The number of rotatable bonds is 1. The van der Waals surface area contributed by atoms with Crippen molar-refractivity contribution < 1.29 is 19.5 Å². The van der Waals surface area contributed by atoms with E-state index in [-0.39, 0.29) is 19.5 Å². The van der Waals surface area contributed by atoms with Gasteiger partial charge in [-0.1, -0.05) is 6.92 Å². The van der Waals surface area contributed by atoms with Crippen LogP contribution in [-0.2, 0) is 19.5 Å². The first-order chi connectivity index (χ1) is 1.91. The summed E-state index contributed by atoms with van der Waals surface area (Å²) < 4.78 is 0. The van der Waals surface area contributed by atoms with E-state index in [0.29, 0.717) is 0 Å². The summed E-state index contributed by atoms with van der Waals surface area (Å²) in [6.07, 6.45) is 1.18. The van der Waals surface area contributed by atoms with Gasteiger partial charge in [0, 0.05) is 19.5 Å². The summed E-state index contributed by atoms with van der Waals surface area (Å²) in [6.45, 7) is 2.10. The molecule has 0 unspecified atom stereocenters. The number of hydrogen-bond donors (Lipinski definition) is 1. The van der Waals surface area contributed by atoms with E-state index in [9.17, 15) is 0 Å². The summed E-state index contributed by atoms with van der Waals surface area (Å²) in [5.74, 6) is 1.01. The van der Waals surface area contributed by atoms with Gasteiger partial charge in [-0.25, -0.2) is 0 Å². The molecular weight excluding hydrogens is 133 g/mol. The Morgan fingerprint density at radius 1 is 1.60 bits per heavy atom. The van der Waals surface area contributed by atoms with Gasteiger partial charge in [0.05, 0.1) is 0 Å². The largest absolute Gasteiger partial charge is 0.179 e. The average molecular weight is 142 g/mol. The molecule has 0 aliphatic carbocycles. The first kappa shape index (κ1) is 9.36. The van der Waals surface area contributed by atoms with Crippen LogP contribution in [0.15, 0.2) is 0 Å². The molecule has 0 N–H and O–H groups in total. The second-order valence-corrected chi connectivity index (χ2v) is 1.17. The molecule has 0 fully saturated rings. The molecule has 0 rings (SSSR count). The van der Waals surface area contributed by atoms with Crippen molar-refractivity contribution in [3.8, 4) is 0 Å². The zero-order valence-electron chi connectivity index (χ0n) is 3.57. The molecule has 0 aliphatic heterocycles. The standard InChI is InChI=1S/C3H8S.Zn/c1-2-3-4;/h4H,2-3H2,1H3;. The van der Waals surface area contributed by atoms with Crippen molar-refractivity contribution in [2.45, 2.75) is 13.3 Å². The van der Waals surface area contributed by atoms with E-state index in [1.807, 2.05) is 0 Å². The zero-order chi connectivity index (χ0) is 3.41. The van der Waals surface area contributed by atoms with E-state index >= 15 is 0 Å². The molecule has 0 radical (unpaired) electrons. The van der Waals surface area contributed by atoms with Gasteiger partial charge in [0.25, 0.3) is 0 Å². The van der Waals surface area contributed by atoms with Crippen molar-refractivity contribution in [1.29, 1.82) is 0 Å². The molecule has 0 heterocycles. The van der Waals surface area contributed by atoms with Crippen molar-refractivity contribution in [3.05, 3.63) is 0 Å². The van der Waals surface area contributed by atoms with E-state index in [0.717, 1.165) is 5.75 Å².